The summed E-state index contributed by atoms with van der Waals surface area (Å²) in [6.45, 7) is 5.18. The number of hydrogen-bond donors (Lipinski definition) is 1. The summed E-state index contributed by atoms with van der Waals surface area (Å²) in [4.78, 5) is 17.3. The molecule has 0 aliphatic rings. The number of carbonyl (C=O) groups is 1. The molecule has 0 saturated heterocycles. The average molecular weight is 225 g/mol. The van der Waals surface area contributed by atoms with E-state index >= 15 is 0 Å². The minimum Gasteiger partial charge on any atom is -0.347 e. The van der Waals surface area contributed by atoms with Crippen LogP contribution in [0.25, 0.3) is 0 Å². The second-order valence-electron chi connectivity index (χ2n) is 3.83. The normalized spacial score (nSPS) is 12.5. The van der Waals surface area contributed by atoms with Gasteiger partial charge in [0.2, 0.25) is 5.91 Å². The fourth-order valence-electron chi connectivity index (χ4n) is 1.41. The molecule has 0 aromatic carbocycles. The fourth-order valence-corrected chi connectivity index (χ4v) is 1.41. The molecule has 6 heteroatoms. The van der Waals surface area contributed by atoms with Gasteiger partial charge in [0.25, 0.3) is 0 Å². The Bertz CT molecular complexity index is 347. The third-order valence-corrected chi connectivity index (χ3v) is 2.37. The van der Waals surface area contributed by atoms with Crippen molar-refractivity contribution in [1.82, 2.24) is 25.0 Å². The maximum absolute atomic E-state index is 11.6. The van der Waals surface area contributed by atoms with Gasteiger partial charge in [0.1, 0.15) is 12.2 Å². The van der Waals surface area contributed by atoms with E-state index in [9.17, 15) is 4.79 Å². The molecule has 0 aliphatic carbocycles. The van der Waals surface area contributed by atoms with E-state index in [0.29, 0.717) is 6.54 Å². The van der Waals surface area contributed by atoms with E-state index in [4.69, 9.17) is 0 Å². The number of aryl methyl sites for hydroxylation is 1. The number of likely N-dealkylation sites (N-methyl/N-ethyl adjacent to an activating group) is 1. The highest BCUT2D eigenvalue weighted by Crippen LogP contribution is 1.95. The highest BCUT2D eigenvalue weighted by molar-refractivity contribution is 5.80. The third-order valence-electron chi connectivity index (χ3n) is 2.37. The van der Waals surface area contributed by atoms with E-state index in [2.05, 4.69) is 15.4 Å². The molecule has 1 N–H and O–H groups in total. The molecule has 0 aliphatic heterocycles. The molecule has 0 saturated carbocycles. The standard InChI is InChI=1S/C10H19N5O/c1-5-15-9(12-7-13-15)6-11-8(2)10(16)14(3)4/h7-8,11H,5-6H2,1-4H3. The molecule has 90 valence electrons. The van der Waals surface area contributed by atoms with E-state index < -0.39 is 0 Å². The second kappa shape index (κ2) is 5.60. The van der Waals surface area contributed by atoms with Crippen molar-refractivity contribution in [1.29, 1.82) is 0 Å². The van der Waals surface area contributed by atoms with Crippen molar-refractivity contribution in [2.45, 2.75) is 33.0 Å². The van der Waals surface area contributed by atoms with Crippen LogP contribution in [0.3, 0.4) is 0 Å². The molecule has 1 heterocycles. The molecule has 16 heavy (non-hydrogen) atoms. The van der Waals surface area contributed by atoms with Gasteiger partial charge in [0, 0.05) is 20.6 Å². The van der Waals surface area contributed by atoms with Crippen LogP contribution in [-0.2, 0) is 17.9 Å². The third kappa shape index (κ3) is 3.03. The van der Waals surface area contributed by atoms with Crippen molar-refractivity contribution in [3.05, 3.63) is 12.2 Å². The Labute approximate surface area is 95.6 Å². The van der Waals surface area contributed by atoms with Crippen molar-refractivity contribution in [2.75, 3.05) is 14.1 Å². The molecule has 1 aromatic rings. The Morgan fingerprint density at radius 3 is 2.88 bits per heavy atom. The summed E-state index contributed by atoms with van der Waals surface area (Å²) in [7, 11) is 3.49. The topological polar surface area (TPSA) is 63.1 Å². The first-order chi connectivity index (χ1) is 7.56. The summed E-state index contributed by atoms with van der Waals surface area (Å²) in [5.74, 6) is 0.906. The largest absolute Gasteiger partial charge is 0.347 e. The second-order valence-corrected chi connectivity index (χ2v) is 3.83. The molecule has 1 amide bonds. The van der Waals surface area contributed by atoms with Crippen LogP contribution in [-0.4, -0.2) is 45.7 Å². The summed E-state index contributed by atoms with van der Waals surface area (Å²) in [6.07, 6.45) is 1.53. The van der Waals surface area contributed by atoms with Gasteiger partial charge in [-0.05, 0) is 13.8 Å². The van der Waals surface area contributed by atoms with Gasteiger partial charge < -0.3 is 4.90 Å². The molecule has 1 unspecified atom stereocenters. The van der Waals surface area contributed by atoms with E-state index in [1.807, 2.05) is 13.8 Å². The van der Waals surface area contributed by atoms with E-state index in [-0.39, 0.29) is 11.9 Å². The highest BCUT2D eigenvalue weighted by Gasteiger charge is 2.14. The quantitative estimate of drug-likeness (QED) is 0.758. The first kappa shape index (κ1) is 12.6. The predicted octanol–water partition coefficient (Wildman–Crippen LogP) is -0.136. The molecule has 1 aromatic heterocycles. The van der Waals surface area contributed by atoms with Crippen LogP contribution in [0.4, 0.5) is 0 Å². The number of amides is 1. The van der Waals surface area contributed by atoms with E-state index in [0.717, 1.165) is 12.4 Å². The number of nitrogens with zero attached hydrogens (tertiary/aromatic N) is 4. The van der Waals surface area contributed by atoms with Crippen molar-refractivity contribution in [3.63, 3.8) is 0 Å². The highest BCUT2D eigenvalue weighted by atomic mass is 16.2. The molecular formula is C10H19N5O. The fraction of sp³-hybridized carbons (Fsp3) is 0.700. The predicted molar refractivity (Wildman–Crippen MR) is 60.7 cm³/mol. The summed E-state index contributed by atoms with van der Waals surface area (Å²) >= 11 is 0. The lowest BCUT2D eigenvalue weighted by molar-refractivity contribution is -0.130. The maximum atomic E-state index is 11.6. The summed E-state index contributed by atoms with van der Waals surface area (Å²) in [5, 5.41) is 7.19. The van der Waals surface area contributed by atoms with Gasteiger partial charge in [-0.3, -0.25) is 10.1 Å². The maximum Gasteiger partial charge on any atom is 0.238 e. The minimum atomic E-state index is -0.211. The lowest BCUT2D eigenvalue weighted by atomic mass is 10.3. The van der Waals surface area contributed by atoms with Crippen LogP contribution >= 0.6 is 0 Å². The molecule has 0 spiro atoms. The Hall–Kier alpha value is -1.43. The van der Waals surface area contributed by atoms with Crippen molar-refractivity contribution < 1.29 is 4.79 Å². The molecule has 0 bridgehead atoms. The van der Waals surface area contributed by atoms with Gasteiger partial charge in [-0.15, -0.1) is 0 Å². The van der Waals surface area contributed by atoms with Crippen LogP contribution < -0.4 is 5.32 Å². The van der Waals surface area contributed by atoms with Gasteiger partial charge in [-0.25, -0.2) is 9.67 Å². The number of nitrogens with one attached hydrogen (secondary N) is 1. The lowest BCUT2D eigenvalue weighted by Gasteiger charge is -2.17. The zero-order valence-electron chi connectivity index (χ0n) is 10.3. The lowest BCUT2D eigenvalue weighted by Crippen LogP contribution is -2.41. The Morgan fingerprint density at radius 1 is 1.62 bits per heavy atom. The first-order valence-corrected chi connectivity index (χ1v) is 5.37. The van der Waals surface area contributed by atoms with Crippen LogP contribution in [0, 0.1) is 0 Å². The Balaban J connectivity index is 2.49. The number of carbonyl (C=O) groups excluding carboxylic acids is 1. The average Bonchev–Trinajstić information content (AvgIpc) is 2.71. The molecule has 1 rings (SSSR count). The van der Waals surface area contributed by atoms with Gasteiger partial charge >= 0.3 is 0 Å². The molecular weight excluding hydrogens is 206 g/mol. The minimum absolute atomic E-state index is 0.0579. The summed E-state index contributed by atoms with van der Waals surface area (Å²) in [5.41, 5.74) is 0. The van der Waals surface area contributed by atoms with Crippen molar-refractivity contribution >= 4 is 5.91 Å². The van der Waals surface area contributed by atoms with Crippen LogP contribution in [0.5, 0.6) is 0 Å². The molecule has 6 nitrogen and oxygen atoms in total. The van der Waals surface area contributed by atoms with Crippen molar-refractivity contribution in [2.24, 2.45) is 0 Å². The summed E-state index contributed by atoms with van der Waals surface area (Å²) in [6, 6.07) is -0.211. The molecule has 1 atom stereocenters. The number of hydrogen-bond acceptors (Lipinski definition) is 4. The van der Waals surface area contributed by atoms with Crippen LogP contribution in [0.15, 0.2) is 6.33 Å². The van der Waals surface area contributed by atoms with Crippen molar-refractivity contribution in [3.8, 4) is 0 Å². The monoisotopic (exact) mass is 225 g/mol. The SMILES string of the molecule is CCn1ncnc1CNC(C)C(=O)N(C)C. The van der Waals surface area contributed by atoms with Gasteiger partial charge in [-0.2, -0.15) is 5.10 Å². The number of rotatable bonds is 5. The number of aromatic nitrogens is 3. The van der Waals surface area contributed by atoms with Crippen LogP contribution in [0.1, 0.15) is 19.7 Å². The zero-order chi connectivity index (χ0) is 12.1. The smallest absolute Gasteiger partial charge is 0.238 e. The van der Waals surface area contributed by atoms with Gasteiger partial charge in [0.15, 0.2) is 0 Å². The van der Waals surface area contributed by atoms with Gasteiger partial charge in [-0.1, -0.05) is 0 Å². The Kier molecular flexibility index (Phi) is 4.42. The first-order valence-electron chi connectivity index (χ1n) is 5.37. The van der Waals surface area contributed by atoms with Crippen LogP contribution in [0.2, 0.25) is 0 Å². The van der Waals surface area contributed by atoms with Gasteiger partial charge in [0.05, 0.1) is 12.6 Å². The Morgan fingerprint density at radius 2 is 2.31 bits per heavy atom. The van der Waals surface area contributed by atoms with E-state index in [1.54, 1.807) is 23.7 Å². The summed E-state index contributed by atoms with van der Waals surface area (Å²) < 4.78 is 1.81. The van der Waals surface area contributed by atoms with E-state index in [1.165, 1.54) is 6.33 Å². The zero-order valence-corrected chi connectivity index (χ0v) is 10.3. The molecule has 0 radical (unpaired) electrons. The molecule has 0 fully saturated rings.